The Morgan fingerprint density at radius 3 is 2.38 bits per heavy atom. The summed E-state index contributed by atoms with van der Waals surface area (Å²) in [6.45, 7) is 4.49. The summed E-state index contributed by atoms with van der Waals surface area (Å²) in [4.78, 5) is 18.7. The summed E-state index contributed by atoms with van der Waals surface area (Å²) in [5.74, 6) is 0.552. The lowest BCUT2D eigenvalue weighted by atomic mass is 10.1. The van der Waals surface area contributed by atoms with E-state index in [0.29, 0.717) is 28.3 Å². The molecule has 0 bridgehead atoms. The third-order valence-corrected chi connectivity index (χ3v) is 4.58. The molecule has 0 saturated heterocycles. The van der Waals surface area contributed by atoms with Crippen LogP contribution in [-0.4, -0.2) is 27.5 Å². The van der Waals surface area contributed by atoms with Crippen LogP contribution in [0.5, 0.6) is 0 Å². The lowest BCUT2D eigenvalue weighted by molar-refractivity contribution is 0.0735. The smallest absolute Gasteiger partial charge is 0.257 e. The van der Waals surface area contributed by atoms with Crippen molar-refractivity contribution in [3.63, 3.8) is 0 Å². The number of halogens is 2. The van der Waals surface area contributed by atoms with E-state index in [4.69, 9.17) is 27.7 Å². The Hall–Kier alpha value is -2.37. The zero-order valence-corrected chi connectivity index (χ0v) is 15.9. The molecule has 3 aromatic rings. The second-order valence-electron chi connectivity index (χ2n) is 5.79. The van der Waals surface area contributed by atoms with Crippen molar-refractivity contribution in [1.29, 1.82) is 0 Å². The first kappa shape index (κ1) is 18.4. The predicted octanol–water partition coefficient (Wildman–Crippen LogP) is 5.01. The van der Waals surface area contributed by atoms with E-state index in [1.54, 1.807) is 23.1 Å². The summed E-state index contributed by atoms with van der Waals surface area (Å²) in [7, 11) is 0. The lowest BCUT2D eigenvalue weighted by Gasteiger charge is -2.20. The summed E-state index contributed by atoms with van der Waals surface area (Å²) in [5, 5.41) is 4.62. The number of carbonyl (C=O) groups is 1. The standard InChI is InChI=1S/C19H17Cl2N3O2/c1-3-24(19(25)17-14(20)5-4-6-15(17)21)11-16-22-18(23-26-16)13-9-7-12(2)8-10-13/h4-10H,3,11H2,1-2H3. The maximum absolute atomic E-state index is 12.8. The largest absolute Gasteiger partial charge is 0.337 e. The molecule has 5 nitrogen and oxygen atoms in total. The third kappa shape index (κ3) is 3.89. The van der Waals surface area contributed by atoms with Crippen LogP contribution in [0.25, 0.3) is 11.4 Å². The van der Waals surface area contributed by atoms with Gasteiger partial charge in [-0.15, -0.1) is 0 Å². The Kier molecular flexibility index (Phi) is 5.59. The van der Waals surface area contributed by atoms with Gasteiger partial charge in [0.05, 0.1) is 15.6 Å². The van der Waals surface area contributed by atoms with Crippen LogP contribution in [0.1, 0.15) is 28.7 Å². The zero-order valence-electron chi connectivity index (χ0n) is 14.4. The monoisotopic (exact) mass is 389 g/mol. The number of nitrogens with zero attached hydrogens (tertiary/aromatic N) is 3. The highest BCUT2D eigenvalue weighted by Crippen LogP contribution is 2.26. The fourth-order valence-corrected chi connectivity index (χ4v) is 3.05. The van der Waals surface area contributed by atoms with Gasteiger partial charge in [-0.05, 0) is 26.0 Å². The molecule has 0 N–H and O–H groups in total. The second-order valence-corrected chi connectivity index (χ2v) is 6.61. The zero-order chi connectivity index (χ0) is 18.7. The van der Waals surface area contributed by atoms with Crippen molar-refractivity contribution >= 4 is 29.1 Å². The SMILES string of the molecule is CCN(Cc1nc(-c2ccc(C)cc2)no1)C(=O)c1c(Cl)cccc1Cl. The van der Waals surface area contributed by atoms with Crippen LogP contribution in [0.15, 0.2) is 47.0 Å². The van der Waals surface area contributed by atoms with Gasteiger partial charge in [-0.2, -0.15) is 4.98 Å². The molecule has 0 fully saturated rings. The molecule has 1 heterocycles. The van der Waals surface area contributed by atoms with Gasteiger partial charge >= 0.3 is 0 Å². The number of carbonyl (C=O) groups excluding carboxylic acids is 1. The minimum absolute atomic E-state index is 0.176. The van der Waals surface area contributed by atoms with Gasteiger partial charge in [-0.3, -0.25) is 4.79 Å². The first-order chi connectivity index (χ1) is 12.5. The van der Waals surface area contributed by atoms with E-state index in [-0.39, 0.29) is 18.0 Å². The Balaban J connectivity index is 1.80. The Morgan fingerprint density at radius 1 is 1.12 bits per heavy atom. The van der Waals surface area contributed by atoms with Gasteiger partial charge in [0, 0.05) is 12.1 Å². The molecule has 0 spiro atoms. The van der Waals surface area contributed by atoms with Crippen molar-refractivity contribution in [3.8, 4) is 11.4 Å². The number of amides is 1. The second kappa shape index (κ2) is 7.89. The van der Waals surface area contributed by atoms with E-state index in [0.717, 1.165) is 11.1 Å². The van der Waals surface area contributed by atoms with Crippen molar-refractivity contribution in [2.24, 2.45) is 0 Å². The topological polar surface area (TPSA) is 59.2 Å². The highest BCUT2D eigenvalue weighted by atomic mass is 35.5. The van der Waals surface area contributed by atoms with Crippen LogP contribution in [0, 0.1) is 6.92 Å². The summed E-state index contributed by atoms with van der Waals surface area (Å²) >= 11 is 12.3. The van der Waals surface area contributed by atoms with Crippen LogP contribution in [0.2, 0.25) is 10.0 Å². The van der Waals surface area contributed by atoms with Crippen molar-refractivity contribution in [3.05, 3.63) is 69.5 Å². The quantitative estimate of drug-likeness (QED) is 0.614. The molecule has 26 heavy (non-hydrogen) atoms. The fourth-order valence-electron chi connectivity index (χ4n) is 2.49. The number of aryl methyl sites for hydroxylation is 1. The van der Waals surface area contributed by atoms with E-state index in [1.807, 2.05) is 38.1 Å². The minimum atomic E-state index is -0.279. The lowest BCUT2D eigenvalue weighted by Crippen LogP contribution is -2.31. The van der Waals surface area contributed by atoms with Crippen molar-refractivity contribution < 1.29 is 9.32 Å². The summed E-state index contributed by atoms with van der Waals surface area (Å²) in [6, 6.07) is 12.8. The molecular formula is C19H17Cl2N3O2. The van der Waals surface area contributed by atoms with Crippen LogP contribution in [0.3, 0.4) is 0 Å². The van der Waals surface area contributed by atoms with E-state index >= 15 is 0 Å². The highest BCUT2D eigenvalue weighted by Gasteiger charge is 2.22. The molecular weight excluding hydrogens is 373 g/mol. The number of hydrogen-bond donors (Lipinski definition) is 0. The Labute approximate surface area is 161 Å². The molecule has 7 heteroatoms. The van der Waals surface area contributed by atoms with Gasteiger partial charge in [0.2, 0.25) is 11.7 Å². The molecule has 3 rings (SSSR count). The molecule has 0 atom stereocenters. The van der Waals surface area contributed by atoms with Crippen LogP contribution < -0.4 is 0 Å². The van der Waals surface area contributed by atoms with Crippen LogP contribution in [0.4, 0.5) is 0 Å². The highest BCUT2D eigenvalue weighted by molar-refractivity contribution is 6.39. The van der Waals surface area contributed by atoms with Crippen molar-refractivity contribution in [2.45, 2.75) is 20.4 Å². The average molecular weight is 390 g/mol. The first-order valence-corrected chi connectivity index (χ1v) is 8.88. The fraction of sp³-hybridized carbons (Fsp3) is 0.211. The molecule has 1 aromatic heterocycles. The normalized spacial score (nSPS) is 10.8. The van der Waals surface area contributed by atoms with Crippen LogP contribution in [-0.2, 0) is 6.54 Å². The number of hydrogen-bond acceptors (Lipinski definition) is 4. The summed E-state index contributed by atoms with van der Waals surface area (Å²) in [5.41, 5.74) is 2.28. The Bertz CT molecular complexity index is 903. The summed E-state index contributed by atoms with van der Waals surface area (Å²) < 4.78 is 5.31. The minimum Gasteiger partial charge on any atom is -0.337 e. The average Bonchev–Trinajstić information content (AvgIpc) is 3.08. The molecule has 0 aliphatic rings. The number of rotatable bonds is 5. The number of aromatic nitrogens is 2. The molecule has 0 saturated carbocycles. The van der Waals surface area contributed by atoms with Gasteiger partial charge in [0.25, 0.3) is 5.91 Å². The molecule has 0 aliphatic heterocycles. The third-order valence-electron chi connectivity index (χ3n) is 3.95. The van der Waals surface area contributed by atoms with E-state index in [2.05, 4.69) is 10.1 Å². The molecule has 134 valence electrons. The van der Waals surface area contributed by atoms with Crippen molar-refractivity contribution in [1.82, 2.24) is 15.0 Å². The molecule has 0 unspecified atom stereocenters. The molecule has 0 aliphatic carbocycles. The maximum atomic E-state index is 12.8. The molecule has 0 radical (unpaired) electrons. The van der Waals surface area contributed by atoms with E-state index < -0.39 is 0 Å². The molecule has 2 aromatic carbocycles. The Morgan fingerprint density at radius 2 is 1.77 bits per heavy atom. The first-order valence-electron chi connectivity index (χ1n) is 8.12. The van der Waals surface area contributed by atoms with Crippen LogP contribution >= 0.6 is 23.2 Å². The predicted molar refractivity (Wildman–Crippen MR) is 101 cm³/mol. The van der Waals surface area contributed by atoms with Gasteiger partial charge in [-0.25, -0.2) is 0 Å². The van der Waals surface area contributed by atoms with Gasteiger partial charge in [0.1, 0.15) is 6.54 Å². The van der Waals surface area contributed by atoms with Crippen molar-refractivity contribution in [2.75, 3.05) is 6.54 Å². The van der Waals surface area contributed by atoms with Gasteiger partial charge in [0.15, 0.2) is 0 Å². The number of benzene rings is 2. The van der Waals surface area contributed by atoms with Gasteiger partial charge in [-0.1, -0.05) is 64.3 Å². The maximum Gasteiger partial charge on any atom is 0.257 e. The van der Waals surface area contributed by atoms with Gasteiger partial charge < -0.3 is 9.42 Å². The van der Waals surface area contributed by atoms with E-state index in [1.165, 1.54) is 0 Å². The molecule has 1 amide bonds. The summed E-state index contributed by atoms with van der Waals surface area (Å²) in [6.07, 6.45) is 0. The van der Waals surface area contributed by atoms with E-state index in [9.17, 15) is 4.79 Å².